The molecule has 0 amide bonds. The number of hydrogen-bond acceptors (Lipinski definition) is 4. The molecule has 0 spiro atoms. The summed E-state index contributed by atoms with van der Waals surface area (Å²) in [4.78, 5) is 3.69. The second-order valence-corrected chi connectivity index (χ2v) is 3.25. The normalized spacial score (nSPS) is 12.3. The zero-order valence-corrected chi connectivity index (χ0v) is 8.64. The smallest absolute Gasteiger partial charge is 0.475 e. The summed E-state index contributed by atoms with van der Waals surface area (Å²) in [7, 11) is -1.85. The molecule has 4 nitrogen and oxygen atoms in total. The van der Waals surface area contributed by atoms with Crippen molar-refractivity contribution in [3.8, 4) is 5.88 Å². The summed E-state index contributed by atoms with van der Waals surface area (Å²) < 4.78 is 18.3. The minimum absolute atomic E-state index is 0.0494. The van der Waals surface area contributed by atoms with E-state index in [1.165, 1.54) is 6.07 Å². The van der Waals surface area contributed by atoms with Crippen molar-refractivity contribution in [1.82, 2.24) is 4.98 Å². The first-order valence-electron chi connectivity index (χ1n) is 4.72. The van der Waals surface area contributed by atoms with Gasteiger partial charge in [0.1, 0.15) is 5.82 Å². The fourth-order valence-corrected chi connectivity index (χ4v) is 0.986. The Bertz CT molecular complexity index is 335. The van der Waals surface area contributed by atoms with Crippen molar-refractivity contribution in [3.63, 3.8) is 0 Å². The molecular weight excluding hydrogens is 200 g/mol. The number of aromatic nitrogens is 1. The minimum atomic E-state index is -1.85. The highest BCUT2D eigenvalue weighted by Gasteiger charge is 2.18. The van der Waals surface area contributed by atoms with Gasteiger partial charge in [-0.25, -0.2) is 9.37 Å². The van der Waals surface area contributed by atoms with Crippen LogP contribution in [0.15, 0.2) is 12.3 Å². The molecule has 15 heavy (non-hydrogen) atoms. The Labute approximate surface area is 87.9 Å². The van der Waals surface area contributed by atoms with Gasteiger partial charge in [-0.15, -0.1) is 0 Å². The Hall–Kier alpha value is -1.14. The zero-order chi connectivity index (χ0) is 11.4. The molecule has 0 aliphatic heterocycles. The molecule has 1 aromatic rings. The van der Waals surface area contributed by atoms with Crippen molar-refractivity contribution in [1.29, 1.82) is 0 Å². The lowest BCUT2D eigenvalue weighted by Gasteiger charge is -2.12. The van der Waals surface area contributed by atoms with E-state index in [-0.39, 0.29) is 17.4 Å². The fraction of sp³-hybridized carbons (Fsp3) is 0.444. The van der Waals surface area contributed by atoms with E-state index in [2.05, 4.69) is 4.98 Å². The highest BCUT2D eigenvalue weighted by atomic mass is 19.1. The molecule has 1 rings (SSSR count). The van der Waals surface area contributed by atoms with E-state index in [0.717, 1.165) is 12.6 Å². The molecule has 0 aliphatic rings. The van der Waals surface area contributed by atoms with Gasteiger partial charge in [-0.1, -0.05) is 6.92 Å². The molecule has 1 aromatic heterocycles. The summed E-state index contributed by atoms with van der Waals surface area (Å²) in [6.07, 6.45) is 1.65. The van der Waals surface area contributed by atoms with Gasteiger partial charge in [0.05, 0.1) is 12.3 Å². The first-order valence-corrected chi connectivity index (χ1v) is 4.72. The largest absolute Gasteiger partial charge is 0.491 e. The van der Waals surface area contributed by atoms with Crippen LogP contribution in [0.4, 0.5) is 4.39 Å². The van der Waals surface area contributed by atoms with E-state index in [0.29, 0.717) is 0 Å². The van der Waals surface area contributed by atoms with Crippen molar-refractivity contribution in [2.24, 2.45) is 0 Å². The van der Waals surface area contributed by atoms with E-state index in [1.54, 1.807) is 0 Å². The van der Waals surface area contributed by atoms with E-state index in [1.807, 2.05) is 13.8 Å². The fourth-order valence-electron chi connectivity index (χ4n) is 0.986. The lowest BCUT2D eigenvalue weighted by molar-refractivity contribution is 0.208. The molecule has 0 aromatic carbocycles. The van der Waals surface area contributed by atoms with Crippen molar-refractivity contribution in [3.05, 3.63) is 18.1 Å². The first kappa shape index (κ1) is 11.9. The van der Waals surface area contributed by atoms with E-state index in [9.17, 15) is 4.39 Å². The molecule has 0 fully saturated rings. The molecule has 0 bridgehead atoms. The number of rotatable bonds is 4. The van der Waals surface area contributed by atoms with Crippen molar-refractivity contribution in [2.75, 3.05) is 0 Å². The number of halogens is 1. The second-order valence-electron chi connectivity index (χ2n) is 3.25. The van der Waals surface area contributed by atoms with Gasteiger partial charge >= 0.3 is 7.12 Å². The van der Waals surface area contributed by atoms with Gasteiger partial charge in [0, 0.05) is 11.5 Å². The molecular formula is C9H13BFNO3. The highest BCUT2D eigenvalue weighted by molar-refractivity contribution is 6.58. The summed E-state index contributed by atoms with van der Waals surface area (Å²) in [6, 6.07) is 1.19. The maximum Gasteiger partial charge on any atom is 0.491 e. The average molecular weight is 213 g/mol. The number of ether oxygens (including phenoxy) is 1. The van der Waals surface area contributed by atoms with Gasteiger partial charge in [-0.2, -0.15) is 0 Å². The van der Waals surface area contributed by atoms with Crippen LogP contribution >= 0.6 is 0 Å². The summed E-state index contributed by atoms with van der Waals surface area (Å²) in [6.45, 7) is 3.79. The number of nitrogens with zero attached hydrogens (tertiary/aromatic N) is 1. The molecule has 6 heteroatoms. The topological polar surface area (TPSA) is 62.6 Å². The maximum absolute atomic E-state index is 13.0. The van der Waals surface area contributed by atoms with Crippen molar-refractivity contribution in [2.45, 2.75) is 26.4 Å². The number of pyridine rings is 1. The molecule has 1 heterocycles. The van der Waals surface area contributed by atoms with Crippen LogP contribution in [-0.2, 0) is 0 Å². The third kappa shape index (κ3) is 3.18. The van der Waals surface area contributed by atoms with Gasteiger partial charge in [0.25, 0.3) is 0 Å². The van der Waals surface area contributed by atoms with Crippen LogP contribution in [0.25, 0.3) is 0 Å². The highest BCUT2D eigenvalue weighted by Crippen LogP contribution is 2.09. The zero-order valence-electron chi connectivity index (χ0n) is 8.64. The van der Waals surface area contributed by atoms with Gasteiger partial charge in [-0.3, -0.25) is 0 Å². The molecule has 2 N–H and O–H groups in total. The third-order valence-electron chi connectivity index (χ3n) is 2.03. The van der Waals surface area contributed by atoms with Crippen LogP contribution in [0.5, 0.6) is 5.88 Å². The SMILES string of the molecule is CC[C@@H](C)Oc1cc(B(O)O)c(F)cn1. The summed E-state index contributed by atoms with van der Waals surface area (Å²) >= 11 is 0. The van der Waals surface area contributed by atoms with E-state index < -0.39 is 12.9 Å². The van der Waals surface area contributed by atoms with Crippen LogP contribution in [0.3, 0.4) is 0 Å². The minimum Gasteiger partial charge on any atom is -0.475 e. The predicted octanol–water partition coefficient (Wildman–Crippen LogP) is 0.0778. The van der Waals surface area contributed by atoms with Crippen molar-refractivity contribution < 1.29 is 19.2 Å². The molecule has 1 atom stereocenters. The molecule has 0 aliphatic carbocycles. The van der Waals surface area contributed by atoms with Gasteiger partial charge < -0.3 is 14.8 Å². The van der Waals surface area contributed by atoms with Crippen LogP contribution in [0.2, 0.25) is 0 Å². The van der Waals surface area contributed by atoms with Crippen LogP contribution in [0.1, 0.15) is 20.3 Å². The van der Waals surface area contributed by atoms with Gasteiger partial charge in [-0.05, 0) is 13.3 Å². The Balaban J connectivity index is 2.87. The van der Waals surface area contributed by atoms with E-state index >= 15 is 0 Å². The van der Waals surface area contributed by atoms with Crippen molar-refractivity contribution >= 4 is 12.6 Å². The van der Waals surface area contributed by atoms with Crippen LogP contribution in [0, 0.1) is 5.82 Å². The molecule has 0 radical (unpaired) electrons. The Morgan fingerprint density at radius 1 is 1.60 bits per heavy atom. The standard InChI is InChI=1S/C9H13BFNO3/c1-3-6(2)15-9-4-7(10(13)14)8(11)5-12-9/h4-6,13-14H,3H2,1-2H3/t6-/m1/s1. The maximum atomic E-state index is 13.0. The lowest BCUT2D eigenvalue weighted by Crippen LogP contribution is -2.33. The average Bonchev–Trinajstić information content (AvgIpc) is 2.20. The Morgan fingerprint density at radius 3 is 2.80 bits per heavy atom. The van der Waals surface area contributed by atoms with Crippen LogP contribution < -0.4 is 10.2 Å². The number of hydrogen-bond donors (Lipinski definition) is 2. The van der Waals surface area contributed by atoms with Crippen LogP contribution in [-0.4, -0.2) is 28.3 Å². The predicted molar refractivity (Wildman–Crippen MR) is 54.4 cm³/mol. The van der Waals surface area contributed by atoms with E-state index in [4.69, 9.17) is 14.8 Å². The van der Waals surface area contributed by atoms with Gasteiger partial charge in [0.15, 0.2) is 0 Å². The Kier molecular flexibility index (Phi) is 4.05. The first-order chi connectivity index (χ1) is 7.04. The van der Waals surface area contributed by atoms with Gasteiger partial charge in [0.2, 0.25) is 5.88 Å². The third-order valence-corrected chi connectivity index (χ3v) is 2.03. The summed E-state index contributed by atoms with van der Waals surface area (Å²) in [5, 5.41) is 17.7. The monoisotopic (exact) mass is 213 g/mol. The molecule has 0 saturated carbocycles. The summed E-state index contributed by atoms with van der Waals surface area (Å²) in [5.41, 5.74) is -0.233. The summed E-state index contributed by atoms with van der Waals surface area (Å²) in [5.74, 6) is -0.574. The molecule has 0 unspecified atom stereocenters. The Morgan fingerprint density at radius 2 is 2.27 bits per heavy atom. The quantitative estimate of drug-likeness (QED) is 0.695. The molecule has 82 valence electrons. The lowest BCUT2D eigenvalue weighted by atomic mass is 9.80. The molecule has 0 saturated heterocycles. The second kappa shape index (κ2) is 5.09.